The number of carbonyl (C=O) groups is 1. The van der Waals surface area contributed by atoms with Crippen LogP contribution < -0.4 is 9.62 Å². The summed E-state index contributed by atoms with van der Waals surface area (Å²) in [5, 5.41) is 2.86. The highest BCUT2D eigenvalue weighted by molar-refractivity contribution is 7.92. The summed E-state index contributed by atoms with van der Waals surface area (Å²) < 4.78 is 25.6. The van der Waals surface area contributed by atoms with Crippen molar-refractivity contribution in [3.8, 4) is 0 Å². The second-order valence-corrected chi connectivity index (χ2v) is 7.89. The highest BCUT2D eigenvalue weighted by Gasteiger charge is 2.18. The average molecular weight is 360 g/mol. The standard InChI is InChI=1S/C19H24N2O3S/c1-16-9-6-7-12-18(16)21(25(2,23)24)14-8-13-19(22)20-15-17-10-4-3-5-11-17/h3-7,9-12H,8,13-15H2,1-2H3,(H,20,22). The molecule has 0 aliphatic rings. The van der Waals surface area contributed by atoms with E-state index < -0.39 is 10.0 Å². The first-order chi connectivity index (χ1) is 11.9. The highest BCUT2D eigenvalue weighted by Crippen LogP contribution is 2.22. The van der Waals surface area contributed by atoms with Crippen molar-refractivity contribution in [3.63, 3.8) is 0 Å². The van der Waals surface area contributed by atoms with Crippen molar-refractivity contribution < 1.29 is 13.2 Å². The molecule has 0 unspecified atom stereocenters. The van der Waals surface area contributed by atoms with Gasteiger partial charge in [0.05, 0.1) is 11.9 Å². The number of para-hydroxylation sites is 1. The first kappa shape index (κ1) is 19.0. The zero-order valence-corrected chi connectivity index (χ0v) is 15.4. The second kappa shape index (κ2) is 8.67. The van der Waals surface area contributed by atoms with Gasteiger partial charge in [0.25, 0.3) is 0 Å². The van der Waals surface area contributed by atoms with Crippen molar-refractivity contribution in [2.45, 2.75) is 26.3 Å². The maximum absolute atomic E-state index is 12.1. The fourth-order valence-corrected chi connectivity index (χ4v) is 3.60. The molecule has 25 heavy (non-hydrogen) atoms. The van der Waals surface area contributed by atoms with Gasteiger partial charge in [-0.2, -0.15) is 0 Å². The summed E-state index contributed by atoms with van der Waals surface area (Å²) in [5.74, 6) is -0.0814. The molecule has 0 heterocycles. The van der Waals surface area contributed by atoms with Crippen molar-refractivity contribution in [2.24, 2.45) is 0 Å². The van der Waals surface area contributed by atoms with Crippen LogP contribution in [0.25, 0.3) is 0 Å². The molecule has 0 atom stereocenters. The zero-order chi connectivity index (χ0) is 18.3. The van der Waals surface area contributed by atoms with Gasteiger partial charge in [0.15, 0.2) is 0 Å². The SMILES string of the molecule is Cc1ccccc1N(CCCC(=O)NCc1ccccc1)S(C)(=O)=O. The minimum Gasteiger partial charge on any atom is -0.352 e. The van der Waals surface area contributed by atoms with Gasteiger partial charge in [0, 0.05) is 19.5 Å². The summed E-state index contributed by atoms with van der Waals surface area (Å²) in [5.41, 5.74) is 2.59. The van der Waals surface area contributed by atoms with Gasteiger partial charge in [0.2, 0.25) is 15.9 Å². The molecule has 134 valence electrons. The summed E-state index contributed by atoms with van der Waals surface area (Å²) in [6.07, 6.45) is 1.93. The summed E-state index contributed by atoms with van der Waals surface area (Å²) >= 11 is 0. The average Bonchev–Trinajstić information content (AvgIpc) is 2.58. The van der Waals surface area contributed by atoms with Crippen molar-refractivity contribution >= 4 is 21.6 Å². The van der Waals surface area contributed by atoms with Crippen LogP contribution in [-0.4, -0.2) is 27.1 Å². The fraction of sp³-hybridized carbons (Fsp3) is 0.316. The normalized spacial score (nSPS) is 11.1. The Bertz CT molecular complexity index is 804. The molecule has 0 saturated heterocycles. The van der Waals surface area contributed by atoms with Crippen molar-refractivity contribution in [2.75, 3.05) is 17.1 Å². The molecular weight excluding hydrogens is 336 g/mol. The summed E-state index contributed by atoms with van der Waals surface area (Å²) in [7, 11) is -3.39. The lowest BCUT2D eigenvalue weighted by Gasteiger charge is -2.24. The molecule has 5 nitrogen and oxygen atoms in total. The Morgan fingerprint density at radius 1 is 1.04 bits per heavy atom. The second-order valence-electron chi connectivity index (χ2n) is 5.99. The monoisotopic (exact) mass is 360 g/mol. The Labute approximate surface area is 149 Å². The van der Waals surface area contributed by atoms with Crippen LogP contribution in [0.15, 0.2) is 54.6 Å². The van der Waals surface area contributed by atoms with Crippen LogP contribution in [0.4, 0.5) is 5.69 Å². The third-order valence-corrected chi connectivity index (χ3v) is 5.06. The van der Waals surface area contributed by atoms with E-state index in [1.54, 1.807) is 6.07 Å². The van der Waals surface area contributed by atoms with Crippen molar-refractivity contribution in [1.82, 2.24) is 5.32 Å². The van der Waals surface area contributed by atoms with Gasteiger partial charge in [-0.3, -0.25) is 9.10 Å². The van der Waals surface area contributed by atoms with Gasteiger partial charge in [-0.25, -0.2) is 8.42 Å². The lowest BCUT2D eigenvalue weighted by atomic mass is 10.2. The molecule has 6 heteroatoms. The largest absolute Gasteiger partial charge is 0.352 e. The topological polar surface area (TPSA) is 66.5 Å². The summed E-state index contributed by atoms with van der Waals surface area (Å²) in [4.78, 5) is 12.0. The molecule has 0 aliphatic heterocycles. The van der Waals surface area contributed by atoms with Crippen LogP contribution in [0.2, 0.25) is 0 Å². The molecular formula is C19H24N2O3S. The van der Waals surface area contributed by atoms with Crippen LogP contribution in [-0.2, 0) is 21.4 Å². The first-order valence-corrected chi connectivity index (χ1v) is 10.1. The van der Waals surface area contributed by atoms with Crippen LogP contribution in [0, 0.1) is 6.92 Å². The van der Waals surface area contributed by atoms with Gasteiger partial charge in [0.1, 0.15) is 0 Å². The van der Waals surface area contributed by atoms with E-state index in [1.165, 1.54) is 10.6 Å². The number of nitrogens with one attached hydrogen (secondary N) is 1. The minimum atomic E-state index is -3.39. The van der Waals surface area contributed by atoms with Gasteiger partial charge >= 0.3 is 0 Å². The summed E-state index contributed by atoms with van der Waals surface area (Å²) in [6, 6.07) is 17.0. The Balaban J connectivity index is 1.89. The lowest BCUT2D eigenvalue weighted by molar-refractivity contribution is -0.121. The number of sulfonamides is 1. The third-order valence-electron chi connectivity index (χ3n) is 3.88. The van der Waals surface area contributed by atoms with E-state index in [9.17, 15) is 13.2 Å². The van der Waals surface area contributed by atoms with E-state index in [0.29, 0.717) is 18.7 Å². The maximum atomic E-state index is 12.1. The smallest absolute Gasteiger partial charge is 0.232 e. The minimum absolute atomic E-state index is 0.0814. The predicted molar refractivity (Wildman–Crippen MR) is 101 cm³/mol. The molecule has 1 amide bonds. The summed E-state index contributed by atoms with van der Waals surface area (Å²) in [6.45, 7) is 2.63. The maximum Gasteiger partial charge on any atom is 0.232 e. The molecule has 0 aromatic heterocycles. The molecule has 0 bridgehead atoms. The van der Waals surface area contributed by atoms with Crippen molar-refractivity contribution in [3.05, 3.63) is 65.7 Å². The van der Waals surface area contributed by atoms with E-state index >= 15 is 0 Å². The van der Waals surface area contributed by atoms with E-state index in [1.807, 2.05) is 55.5 Å². The fourth-order valence-electron chi connectivity index (χ4n) is 2.58. The number of amides is 1. The van der Waals surface area contributed by atoms with Crippen LogP contribution >= 0.6 is 0 Å². The van der Waals surface area contributed by atoms with Gasteiger partial charge in [-0.15, -0.1) is 0 Å². The van der Waals surface area contributed by atoms with Crippen LogP contribution in [0.3, 0.4) is 0 Å². The Morgan fingerprint density at radius 2 is 1.68 bits per heavy atom. The van der Waals surface area contributed by atoms with Crippen molar-refractivity contribution in [1.29, 1.82) is 0 Å². The molecule has 1 N–H and O–H groups in total. The van der Waals surface area contributed by atoms with Gasteiger partial charge in [-0.1, -0.05) is 48.5 Å². The Hall–Kier alpha value is -2.34. The zero-order valence-electron chi connectivity index (χ0n) is 14.6. The number of carbonyl (C=O) groups excluding carboxylic acids is 1. The van der Waals surface area contributed by atoms with E-state index in [2.05, 4.69) is 5.32 Å². The Morgan fingerprint density at radius 3 is 2.32 bits per heavy atom. The number of anilines is 1. The third kappa shape index (κ3) is 5.90. The molecule has 0 radical (unpaired) electrons. The number of nitrogens with zero attached hydrogens (tertiary/aromatic N) is 1. The molecule has 0 spiro atoms. The molecule has 2 rings (SSSR count). The number of rotatable bonds is 8. The molecule has 0 aliphatic carbocycles. The number of hydrogen-bond donors (Lipinski definition) is 1. The van der Waals surface area contributed by atoms with Crippen LogP contribution in [0.5, 0.6) is 0 Å². The number of aryl methyl sites for hydroxylation is 1. The molecule has 2 aromatic rings. The van der Waals surface area contributed by atoms with E-state index in [4.69, 9.17) is 0 Å². The molecule has 0 saturated carbocycles. The predicted octanol–water partition coefficient (Wildman–Crippen LogP) is 2.86. The number of hydrogen-bond acceptors (Lipinski definition) is 3. The van der Waals surface area contributed by atoms with E-state index in [-0.39, 0.29) is 18.9 Å². The van der Waals surface area contributed by atoms with Crippen LogP contribution in [0.1, 0.15) is 24.0 Å². The quantitative estimate of drug-likeness (QED) is 0.787. The Kier molecular flexibility index (Phi) is 6.58. The highest BCUT2D eigenvalue weighted by atomic mass is 32.2. The van der Waals surface area contributed by atoms with Gasteiger partial charge in [-0.05, 0) is 30.5 Å². The molecule has 2 aromatic carbocycles. The first-order valence-electron chi connectivity index (χ1n) is 8.22. The number of benzene rings is 2. The lowest BCUT2D eigenvalue weighted by Crippen LogP contribution is -2.32. The molecule has 0 fully saturated rings. The van der Waals surface area contributed by atoms with E-state index in [0.717, 1.165) is 11.1 Å². The van der Waals surface area contributed by atoms with Gasteiger partial charge < -0.3 is 5.32 Å².